The van der Waals surface area contributed by atoms with E-state index >= 15 is 0 Å². The maximum Gasteiger partial charge on any atom is 0.336 e. The molecule has 0 aliphatic carbocycles. The molecule has 1 aliphatic heterocycles. The lowest BCUT2D eigenvalue weighted by Crippen LogP contribution is -2.00. The van der Waals surface area contributed by atoms with E-state index in [1.165, 1.54) is 0 Å². The Balaban J connectivity index is 0.000000415. The average Bonchev–Trinajstić information content (AvgIpc) is 2.60. The van der Waals surface area contributed by atoms with Crippen molar-refractivity contribution in [3.8, 4) is 0 Å². The lowest BCUT2D eigenvalue weighted by molar-refractivity contribution is -0.134. The fourth-order valence-electron chi connectivity index (χ4n) is 3.01. The molecule has 0 saturated carbocycles. The highest BCUT2D eigenvalue weighted by molar-refractivity contribution is 6.14. The number of fused-ring (bicyclic) bond motifs is 5. The molecule has 0 bridgehead atoms. The highest BCUT2D eigenvalue weighted by Crippen LogP contribution is 2.33. The third kappa shape index (κ3) is 3.17. The lowest BCUT2D eigenvalue weighted by atomic mass is 9.93. The van der Waals surface area contributed by atoms with Crippen LogP contribution in [-0.4, -0.2) is 22.2 Å². The van der Waals surface area contributed by atoms with Gasteiger partial charge in [0.25, 0.3) is 5.97 Å². The number of aromatic carboxylic acids is 1. The van der Waals surface area contributed by atoms with Crippen molar-refractivity contribution in [1.82, 2.24) is 0 Å². The quantitative estimate of drug-likeness (QED) is 0.648. The van der Waals surface area contributed by atoms with Crippen molar-refractivity contribution in [3.63, 3.8) is 0 Å². The smallest absolute Gasteiger partial charge is 0.336 e. The molecular formula is C20H16O5. The average molecular weight is 336 g/mol. The monoisotopic (exact) mass is 336 g/mol. The first-order valence-corrected chi connectivity index (χ1v) is 7.67. The number of benzene rings is 3. The van der Waals surface area contributed by atoms with E-state index < -0.39 is 11.9 Å². The fraction of sp³-hybridized carbons (Fsp3) is 0.100. The molecule has 126 valence electrons. The Morgan fingerprint density at radius 2 is 1.56 bits per heavy atom. The molecule has 0 saturated heterocycles. The second-order valence-corrected chi connectivity index (χ2v) is 5.63. The van der Waals surface area contributed by atoms with Gasteiger partial charge in [0.05, 0.1) is 11.8 Å². The van der Waals surface area contributed by atoms with Crippen molar-refractivity contribution >= 4 is 39.6 Å². The summed E-state index contributed by atoms with van der Waals surface area (Å²) in [7, 11) is 0. The number of hydrogen-bond donors (Lipinski definition) is 2. The van der Waals surface area contributed by atoms with Crippen LogP contribution in [0.2, 0.25) is 0 Å². The number of aliphatic carboxylic acids is 1. The van der Waals surface area contributed by atoms with Crippen LogP contribution in [0.3, 0.4) is 0 Å². The molecule has 5 nitrogen and oxygen atoms in total. The van der Waals surface area contributed by atoms with Crippen molar-refractivity contribution in [1.29, 1.82) is 0 Å². The topological polar surface area (TPSA) is 83.8 Å². The molecular weight excluding hydrogens is 320 g/mol. The number of carbonyl (C=O) groups is 2. The van der Waals surface area contributed by atoms with Crippen LogP contribution >= 0.6 is 0 Å². The Labute approximate surface area is 143 Å². The molecule has 0 unspecified atom stereocenters. The van der Waals surface area contributed by atoms with Crippen molar-refractivity contribution in [3.05, 3.63) is 65.4 Å². The molecule has 2 N–H and O–H groups in total. The van der Waals surface area contributed by atoms with E-state index in [0.717, 1.165) is 39.6 Å². The number of hydrogen-bond acceptors (Lipinski definition) is 3. The van der Waals surface area contributed by atoms with Crippen LogP contribution in [0.4, 0.5) is 0 Å². The second-order valence-electron chi connectivity index (χ2n) is 5.63. The highest BCUT2D eigenvalue weighted by Gasteiger charge is 2.14. The summed E-state index contributed by atoms with van der Waals surface area (Å²) in [6, 6.07) is 13.4. The van der Waals surface area contributed by atoms with Crippen molar-refractivity contribution in [2.24, 2.45) is 0 Å². The predicted molar refractivity (Wildman–Crippen MR) is 95.5 cm³/mol. The lowest BCUT2D eigenvalue weighted by Gasteiger charge is -2.16. The summed E-state index contributed by atoms with van der Waals surface area (Å²) >= 11 is 0. The van der Waals surface area contributed by atoms with Crippen LogP contribution < -0.4 is 0 Å². The van der Waals surface area contributed by atoms with Crippen molar-refractivity contribution in [2.75, 3.05) is 0 Å². The summed E-state index contributed by atoms with van der Waals surface area (Å²) in [5, 5.41) is 20.6. The largest absolute Gasteiger partial charge is 0.496 e. The van der Waals surface area contributed by atoms with Gasteiger partial charge in [0.15, 0.2) is 0 Å². The van der Waals surface area contributed by atoms with Crippen LogP contribution in [0.15, 0.2) is 48.7 Å². The van der Waals surface area contributed by atoms with Crippen LogP contribution in [0.5, 0.6) is 0 Å². The maximum absolute atomic E-state index is 11.4. The maximum atomic E-state index is 11.4. The minimum atomic E-state index is -0.899. The zero-order valence-electron chi connectivity index (χ0n) is 13.5. The molecule has 1 heterocycles. The van der Waals surface area contributed by atoms with Gasteiger partial charge in [-0.05, 0) is 39.3 Å². The molecule has 0 radical (unpaired) electrons. The Hall–Kier alpha value is -3.34. The fourth-order valence-corrected chi connectivity index (χ4v) is 3.01. The van der Waals surface area contributed by atoms with Gasteiger partial charge in [0.1, 0.15) is 6.61 Å². The molecule has 0 fully saturated rings. The van der Waals surface area contributed by atoms with Gasteiger partial charge in [0.2, 0.25) is 0 Å². The first-order chi connectivity index (χ1) is 12.0. The number of carboxylic acid groups (broad SMARTS) is 2. The number of rotatable bonds is 1. The molecule has 25 heavy (non-hydrogen) atoms. The highest BCUT2D eigenvalue weighted by atomic mass is 16.5. The van der Waals surface area contributed by atoms with E-state index in [9.17, 15) is 9.90 Å². The molecule has 3 aromatic carbocycles. The molecule has 1 aliphatic rings. The van der Waals surface area contributed by atoms with Crippen molar-refractivity contribution in [2.45, 2.75) is 13.5 Å². The Kier molecular flexibility index (Phi) is 4.39. The van der Waals surface area contributed by atoms with Gasteiger partial charge in [0, 0.05) is 12.5 Å². The van der Waals surface area contributed by atoms with Crippen LogP contribution in [-0.2, 0) is 16.1 Å². The second kappa shape index (κ2) is 6.65. The minimum Gasteiger partial charge on any atom is -0.496 e. The van der Waals surface area contributed by atoms with Crippen LogP contribution in [0.1, 0.15) is 28.4 Å². The SMILES string of the molecule is CC(=O)O.O=C(O)c1cccc2c1ccc1c3c(ccc12)C=COC3. The zero-order valence-corrected chi connectivity index (χ0v) is 13.5. The van der Waals surface area contributed by atoms with E-state index in [1.54, 1.807) is 18.4 Å². The predicted octanol–water partition coefficient (Wildman–Crippen LogP) is 4.28. The first-order valence-electron chi connectivity index (χ1n) is 7.67. The van der Waals surface area contributed by atoms with Gasteiger partial charge in [-0.3, -0.25) is 4.79 Å². The summed E-state index contributed by atoms with van der Waals surface area (Å²) in [6.07, 6.45) is 3.66. The molecule has 3 aromatic rings. The molecule has 0 spiro atoms. The van der Waals surface area contributed by atoms with Crippen LogP contribution in [0.25, 0.3) is 27.6 Å². The van der Waals surface area contributed by atoms with Gasteiger partial charge in [-0.15, -0.1) is 0 Å². The Morgan fingerprint density at radius 3 is 2.28 bits per heavy atom. The van der Waals surface area contributed by atoms with E-state index in [4.69, 9.17) is 14.6 Å². The summed E-state index contributed by atoms with van der Waals surface area (Å²) in [6.45, 7) is 1.63. The van der Waals surface area contributed by atoms with E-state index in [0.29, 0.717) is 12.2 Å². The van der Waals surface area contributed by atoms with E-state index in [-0.39, 0.29) is 0 Å². The minimum absolute atomic E-state index is 0.336. The Morgan fingerprint density at radius 1 is 0.920 bits per heavy atom. The molecule has 4 rings (SSSR count). The third-order valence-electron chi connectivity index (χ3n) is 4.01. The van der Waals surface area contributed by atoms with Crippen molar-refractivity contribution < 1.29 is 24.5 Å². The normalized spacial score (nSPS) is 12.0. The van der Waals surface area contributed by atoms with Gasteiger partial charge in [-0.1, -0.05) is 36.4 Å². The standard InChI is InChI=1S/C18H12O3.C2H4O2/c19-18(20)16-3-1-2-12-13-5-4-11-8-9-21-10-17(11)15(13)7-6-14(12)16;1-2(3)4/h1-9H,10H2,(H,19,20);1H3,(H,3,4). The van der Waals surface area contributed by atoms with E-state index in [1.807, 2.05) is 24.3 Å². The van der Waals surface area contributed by atoms with Gasteiger partial charge in [-0.2, -0.15) is 0 Å². The zero-order chi connectivity index (χ0) is 18.0. The van der Waals surface area contributed by atoms with E-state index in [2.05, 4.69) is 12.1 Å². The first kappa shape index (κ1) is 16.5. The summed E-state index contributed by atoms with van der Waals surface area (Å²) < 4.78 is 5.40. The number of ether oxygens (including phenoxy) is 1. The molecule has 0 aromatic heterocycles. The molecule has 5 heteroatoms. The third-order valence-corrected chi connectivity index (χ3v) is 4.01. The molecule has 0 atom stereocenters. The number of carboxylic acids is 2. The summed E-state index contributed by atoms with van der Waals surface area (Å²) in [4.78, 5) is 20.4. The van der Waals surface area contributed by atoms with Gasteiger partial charge in [-0.25, -0.2) is 4.79 Å². The van der Waals surface area contributed by atoms with Crippen LogP contribution in [0, 0.1) is 0 Å². The van der Waals surface area contributed by atoms with Gasteiger partial charge < -0.3 is 14.9 Å². The Bertz CT molecular complexity index is 1010. The molecule has 0 amide bonds. The summed E-state index contributed by atoms with van der Waals surface area (Å²) in [5.74, 6) is -1.73. The summed E-state index contributed by atoms with van der Waals surface area (Å²) in [5.41, 5.74) is 2.64. The van der Waals surface area contributed by atoms with Gasteiger partial charge >= 0.3 is 5.97 Å².